The number of nitrogens with one attached hydrogen (secondary N) is 2. The first-order valence-electron chi connectivity index (χ1n) is 11.0. The number of hydrogen-bond donors (Lipinski definition) is 3. The fraction of sp³-hybridized carbons (Fsp3) is 0.435. The second-order valence-corrected chi connectivity index (χ2v) is 10.3. The van der Waals surface area contributed by atoms with E-state index in [0.717, 1.165) is 42.3 Å². The Hall–Kier alpha value is -1.99. The van der Waals surface area contributed by atoms with Gasteiger partial charge in [0.2, 0.25) is 0 Å². The van der Waals surface area contributed by atoms with Crippen molar-refractivity contribution in [3.8, 4) is 0 Å². The predicted molar refractivity (Wildman–Crippen MR) is 134 cm³/mol. The third-order valence-electron chi connectivity index (χ3n) is 5.25. The number of pyridine rings is 1. The molecule has 0 saturated carbocycles. The van der Waals surface area contributed by atoms with Crippen LogP contribution in [0.5, 0.6) is 0 Å². The zero-order valence-corrected chi connectivity index (χ0v) is 20.1. The van der Waals surface area contributed by atoms with Gasteiger partial charge in [-0.2, -0.15) is 0 Å². The van der Waals surface area contributed by atoms with Crippen LogP contribution in [0, 0.1) is 0 Å². The Labute approximate surface area is 195 Å². The van der Waals surface area contributed by atoms with E-state index in [1.165, 1.54) is 45.5 Å². The number of ketones is 1. The monoisotopic (exact) mass is 474 g/mol. The molecule has 1 saturated heterocycles. The van der Waals surface area contributed by atoms with Crippen LogP contribution < -0.4 is 15.7 Å². The minimum atomic E-state index is -1.61. The molecule has 0 bridgehead atoms. The minimum absolute atomic E-state index is 0.0887. The summed E-state index contributed by atoms with van der Waals surface area (Å²) in [6.07, 6.45) is 6.60. The van der Waals surface area contributed by atoms with Crippen LogP contribution in [-0.4, -0.2) is 57.6 Å². The van der Waals surface area contributed by atoms with Gasteiger partial charge in [0.05, 0.1) is 5.75 Å². The average Bonchev–Trinajstić information content (AvgIpc) is 2.82. The van der Waals surface area contributed by atoms with E-state index >= 15 is 0 Å². The number of benzene rings is 1. The van der Waals surface area contributed by atoms with Crippen molar-refractivity contribution >= 4 is 47.8 Å². The predicted octanol–water partition coefficient (Wildman–Crippen LogP) is 3.87. The SMILES string of the molecule is CC(=O)SCC(=O)c1ccc(NP(O)c2ccc(NCCCN3CCCCC3)cc2)nc1. The summed E-state index contributed by atoms with van der Waals surface area (Å²) in [4.78, 5) is 40.3. The summed E-state index contributed by atoms with van der Waals surface area (Å²) in [7, 11) is -1.61. The van der Waals surface area contributed by atoms with Crippen LogP contribution in [0.4, 0.5) is 11.5 Å². The lowest BCUT2D eigenvalue weighted by molar-refractivity contribution is -0.109. The molecule has 3 rings (SSSR count). The quantitative estimate of drug-likeness (QED) is 0.257. The fourth-order valence-electron chi connectivity index (χ4n) is 3.49. The van der Waals surface area contributed by atoms with Gasteiger partial charge in [-0.3, -0.25) is 9.59 Å². The van der Waals surface area contributed by atoms with Crippen molar-refractivity contribution in [3.63, 3.8) is 0 Å². The summed E-state index contributed by atoms with van der Waals surface area (Å²) < 4.78 is 0. The Bertz CT molecular complexity index is 874. The number of aromatic nitrogens is 1. The van der Waals surface area contributed by atoms with Gasteiger partial charge in [0.1, 0.15) is 5.82 Å². The lowest BCUT2D eigenvalue weighted by Crippen LogP contribution is -2.31. The zero-order valence-electron chi connectivity index (χ0n) is 18.4. The van der Waals surface area contributed by atoms with Crippen LogP contribution >= 0.6 is 20.1 Å². The number of hydrogen-bond acceptors (Lipinski definition) is 8. The zero-order chi connectivity index (χ0) is 22.8. The normalized spacial score (nSPS) is 15.2. The smallest absolute Gasteiger partial charge is 0.186 e. The summed E-state index contributed by atoms with van der Waals surface area (Å²) >= 11 is 0.984. The third-order valence-corrected chi connectivity index (χ3v) is 7.29. The molecule has 9 heteroatoms. The van der Waals surface area contributed by atoms with Crippen molar-refractivity contribution in [3.05, 3.63) is 48.2 Å². The molecule has 2 heterocycles. The number of carbonyl (C=O) groups excluding carboxylic acids is 2. The molecule has 1 unspecified atom stereocenters. The summed E-state index contributed by atoms with van der Waals surface area (Å²) in [5.74, 6) is 0.457. The number of likely N-dealkylation sites (tertiary alicyclic amines) is 1. The van der Waals surface area contributed by atoms with Gasteiger partial charge >= 0.3 is 0 Å². The van der Waals surface area contributed by atoms with E-state index in [-0.39, 0.29) is 16.7 Å². The highest BCUT2D eigenvalue weighted by Crippen LogP contribution is 2.30. The van der Waals surface area contributed by atoms with Crippen molar-refractivity contribution < 1.29 is 14.5 Å². The topological polar surface area (TPSA) is 94.6 Å². The Morgan fingerprint density at radius 3 is 2.53 bits per heavy atom. The number of carbonyl (C=O) groups is 2. The highest BCUT2D eigenvalue weighted by Gasteiger charge is 2.12. The van der Waals surface area contributed by atoms with E-state index in [1.807, 2.05) is 24.3 Å². The second-order valence-electron chi connectivity index (χ2n) is 7.79. The number of nitrogens with zero attached hydrogens (tertiary/aromatic N) is 2. The number of rotatable bonds is 11. The lowest BCUT2D eigenvalue weighted by atomic mass is 10.1. The molecule has 1 fully saturated rings. The standard InChI is InChI=1S/C23H31N4O3PS/c1-18(28)32-17-22(29)19-6-11-23(25-16-19)26-31(30)21-9-7-20(8-10-21)24-12-5-15-27-13-3-2-4-14-27/h6-11,16,24,30H,2-5,12-15,17H2,1H3,(H,25,26). The van der Waals surface area contributed by atoms with Gasteiger partial charge in [-0.25, -0.2) is 4.98 Å². The van der Waals surface area contributed by atoms with Gasteiger partial charge in [-0.15, -0.1) is 0 Å². The summed E-state index contributed by atoms with van der Waals surface area (Å²) in [6, 6.07) is 11.1. The summed E-state index contributed by atoms with van der Waals surface area (Å²) in [6.45, 7) is 5.97. The molecule has 0 spiro atoms. The maximum atomic E-state index is 12.0. The van der Waals surface area contributed by atoms with Crippen LogP contribution in [0.2, 0.25) is 0 Å². The van der Waals surface area contributed by atoms with E-state index in [4.69, 9.17) is 0 Å². The van der Waals surface area contributed by atoms with Crippen LogP contribution in [-0.2, 0) is 4.79 Å². The molecule has 1 aliphatic heterocycles. The molecule has 7 nitrogen and oxygen atoms in total. The molecule has 172 valence electrons. The van der Waals surface area contributed by atoms with E-state index in [0.29, 0.717) is 11.4 Å². The Morgan fingerprint density at radius 1 is 1.12 bits per heavy atom. The van der Waals surface area contributed by atoms with Crippen molar-refractivity contribution in [1.29, 1.82) is 0 Å². The van der Waals surface area contributed by atoms with Crippen LogP contribution in [0.3, 0.4) is 0 Å². The highest BCUT2D eigenvalue weighted by atomic mass is 32.2. The number of thioether (sulfide) groups is 1. The first-order valence-corrected chi connectivity index (χ1v) is 13.2. The molecule has 1 aliphatic rings. The van der Waals surface area contributed by atoms with Gasteiger partial charge < -0.3 is 20.2 Å². The van der Waals surface area contributed by atoms with E-state index in [1.54, 1.807) is 12.1 Å². The van der Waals surface area contributed by atoms with E-state index in [9.17, 15) is 14.5 Å². The van der Waals surface area contributed by atoms with Gasteiger partial charge in [0.15, 0.2) is 19.2 Å². The van der Waals surface area contributed by atoms with E-state index in [2.05, 4.69) is 20.3 Å². The van der Waals surface area contributed by atoms with Gasteiger partial charge in [0.25, 0.3) is 0 Å². The molecule has 1 atom stereocenters. The molecule has 2 aromatic rings. The number of Topliss-reactive ketones (excluding diaryl/α,β-unsaturated/α-hetero) is 1. The number of piperidine rings is 1. The molecule has 0 amide bonds. The lowest BCUT2D eigenvalue weighted by Gasteiger charge is -2.26. The molecule has 3 N–H and O–H groups in total. The van der Waals surface area contributed by atoms with Gasteiger partial charge in [0, 0.05) is 36.2 Å². The van der Waals surface area contributed by atoms with Crippen molar-refractivity contribution in [1.82, 2.24) is 9.88 Å². The van der Waals surface area contributed by atoms with Crippen LogP contribution in [0.25, 0.3) is 0 Å². The summed E-state index contributed by atoms with van der Waals surface area (Å²) in [5, 5.41) is 7.14. The van der Waals surface area contributed by atoms with Gasteiger partial charge in [-0.1, -0.05) is 18.2 Å². The first kappa shape index (κ1) is 24.6. The Balaban J connectivity index is 1.42. The Kier molecular flexibility index (Phi) is 9.93. The molecular formula is C23H31N4O3PS. The van der Waals surface area contributed by atoms with Crippen molar-refractivity contribution in [2.75, 3.05) is 42.3 Å². The molecule has 1 aromatic carbocycles. The highest BCUT2D eigenvalue weighted by molar-refractivity contribution is 8.14. The summed E-state index contributed by atoms with van der Waals surface area (Å²) in [5.41, 5.74) is 1.49. The maximum Gasteiger partial charge on any atom is 0.186 e. The second kappa shape index (κ2) is 12.9. The molecule has 0 aliphatic carbocycles. The fourth-order valence-corrected chi connectivity index (χ4v) is 4.90. The van der Waals surface area contributed by atoms with Crippen molar-refractivity contribution in [2.24, 2.45) is 0 Å². The maximum absolute atomic E-state index is 12.0. The molecule has 1 aromatic heterocycles. The van der Waals surface area contributed by atoms with Crippen LogP contribution in [0.1, 0.15) is 43.0 Å². The van der Waals surface area contributed by atoms with Crippen molar-refractivity contribution in [2.45, 2.75) is 32.6 Å². The largest absolute Gasteiger partial charge is 0.385 e. The third kappa shape index (κ3) is 8.17. The number of anilines is 2. The molecule has 0 radical (unpaired) electrons. The van der Waals surface area contributed by atoms with E-state index < -0.39 is 8.30 Å². The van der Waals surface area contributed by atoms with Crippen LogP contribution in [0.15, 0.2) is 42.6 Å². The Morgan fingerprint density at radius 2 is 1.88 bits per heavy atom. The minimum Gasteiger partial charge on any atom is -0.385 e. The first-order chi connectivity index (χ1) is 15.5. The average molecular weight is 475 g/mol. The molecular weight excluding hydrogens is 443 g/mol. The molecule has 32 heavy (non-hydrogen) atoms. The van der Waals surface area contributed by atoms with Gasteiger partial charge in [-0.05, 0) is 75.3 Å².